The highest BCUT2D eigenvalue weighted by Gasteiger charge is 2.10. The Morgan fingerprint density at radius 1 is 1.04 bits per heavy atom. The van der Waals surface area contributed by atoms with Crippen molar-refractivity contribution in [2.45, 2.75) is 6.42 Å². The van der Waals surface area contributed by atoms with Gasteiger partial charge in [0.2, 0.25) is 0 Å². The number of ether oxygens (including phenoxy) is 2. The molecule has 0 aliphatic carbocycles. The maximum Gasteiger partial charge on any atom is 0.183 e. The average Bonchev–Trinajstić information content (AvgIpc) is 3.10. The quantitative estimate of drug-likeness (QED) is 0.583. The lowest BCUT2D eigenvalue weighted by atomic mass is 10.1. The number of hydrogen-bond acceptors (Lipinski definition) is 7. The average molecular weight is 372 g/mol. The van der Waals surface area contributed by atoms with Crippen LogP contribution >= 0.6 is 11.3 Å². The third kappa shape index (κ3) is 4.00. The Morgan fingerprint density at radius 3 is 2.58 bits per heavy atom. The molecule has 0 saturated heterocycles. The SMILES string of the molecule is COc1ccc(CCNc2nc(-c3ccc(O)cc3O)cs2)cc1OC. The number of thiazole rings is 1. The number of hydrogen-bond donors (Lipinski definition) is 3. The molecule has 0 aliphatic rings. The number of phenolic OH excluding ortho intramolecular Hbond substituents is 2. The van der Waals surface area contributed by atoms with Crippen LogP contribution in [-0.2, 0) is 6.42 Å². The maximum atomic E-state index is 9.93. The van der Waals surface area contributed by atoms with Crippen molar-refractivity contribution < 1.29 is 19.7 Å². The molecule has 3 aromatic rings. The molecule has 0 atom stereocenters. The van der Waals surface area contributed by atoms with Crippen LogP contribution in [0.3, 0.4) is 0 Å². The molecule has 0 unspecified atom stereocenters. The standard InChI is InChI=1S/C19H20N2O4S/c1-24-17-6-3-12(9-18(17)25-2)7-8-20-19-21-15(11-26-19)14-5-4-13(22)10-16(14)23/h3-6,9-11,22-23H,7-8H2,1-2H3,(H,20,21). The van der Waals surface area contributed by atoms with Gasteiger partial charge in [0.15, 0.2) is 16.6 Å². The summed E-state index contributed by atoms with van der Waals surface area (Å²) in [5.74, 6) is 1.45. The predicted octanol–water partition coefficient (Wildman–Crippen LogP) is 3.89. The van der Waals surface area contributed by atoms with Crippen LogP contribution in [0, 0.1) is 0 Å². The number of anilines is 1. The molecule has 3 rings (SSSR count). The Kier molecular flexibility index (Phi) is 5.48. The lowest BCUT2D eigenvalue weighted by molar-refractivity contribution is 0.354. The minimum absolute atomic E-state index is 0.00665. The van der Waals surface area contributed by atoms with Crippen molar-refractivity contribution in [1.82, 2.24) is 4.98 Å². The summed E-state index contributed by atoms with van der Waals surface area (Å²) in [5.41, 5.74) is 2.39. The smallest absolute Gasteiger partial charge is 0.183 e. The van der Waals surface area contributed by atoms with E-state index in [9.17, 15) is 10.2 Å². The summed E-state index contributed by atoms with van der Waals surface area (Å²) in [5, 5.41) is 25.2. The highest BCUT2D eigenvalue weighted by atomic mass is 32.1. The maximum absolute atomic E-state index is 9.93. The van der Waals surface area contributed by atoms with E-state index in [1.807, 2.05) is 23.6 Å². The van der Waals surface area contributed by atoms with Crippen LogP contribution in [-0.4, -0.2) is 36.0 Å². The van der Waals surface area contributed by atoms with Gasteiger partial charge in [-0.15, -0.1) is 11.3 Å². The molecule has 3 N–H and O–H groups in total. The summed E-state index contributed by atoms with van der Waals surface area (Å²) in [6, 6.07) is 10.3. The van der Waals surface area contributed by atoms with Crippen LogP contribution in [0.25, 0.3) is 11.3 Å². The van der Waals surface area contributed by atoms with Crippen LogP contribution in [0.1, 0.15) is 5.56 Å². The topological polar surface area (TPSA) is 83.8 Å². The van der Waals surface area contributed by atoms with E-state index >= 15 is 0 Å². The van der Waals surface area contributed by atoms with Gasteiger partial charge in [-0.2, -0.15) is 0 Å². The predicted molar refractivity (Wildman–Crippen MR) is 103 cm³/mol. The summed E-state index contributed by atoms with van der Waals surface area (Å²) in [7, 11) is 3.24. The van der Waals surface area contributed by atoms with Crippen LogP contribution < -0.4 is 14.8 Å². The summed E-state index contributed by atoms with van der Waals surface area (Å²) in [4.78, 5) is 4.48. The molecule has 0 spiro atoms. The minimum atomic E-state index is 0.00665. The van der Waals surface area contributed by atoms with Gasteiger partial charge in [-0.3, -0.25) is 0 Å². The van der Waals surface area contributed by atoms with Crippen LogP contribution in [0.4, 0.5) is 5.13 Å². The Hall–Kier alpha value is -2.93. The molecule has 1 aromatic heterocycles. The first-order chi connectivity index (χ1) is 12.6. The normalized spacial score (nSPS) is 10.5. The minimum Gasteiger partial charge on any atom is -0.508 e. The molecule has 0 radical (unpaired) electrons. The van der Waals surface area contributed by atoms with Crippen molar-refractivity contribution in [1.29, 1.82) is 0 Å². The zero-order chi connectivity index (χ0) is 18.5. The van der Waals surface area contributed by atoms with Crippen LogP contribution in [0.15, 0.2) is 41.8 Å². The van der Waals surface area contributed by atoms with Crippen LogP contribution in [0.5, 0.6) is 23.0 Å². The van der Waals surface area contributed by atoms with E-state index in [-0.39, 0.29) is 11.5 Å². The van der Waals surface area contributed by atoms with Gasteiger partial charge in [0.05, 0.1) is 19.9 Å². The molecule has 26 heavy (non-hydrogen) atoms. The fraction of sp³-hybridized carbons (Fsp3) is 0.211. The molecule has 6 nitrogen and oxygen atoms in total. The molecule has 7 heteroatoms. The third-order valence-corrected chi connectivity index (χ3v) is 4.70. The molecular weight excluding hydrogens is 352 g/mol. The van der Waals surface area contributed by atoms with Gasteiger partial charge < -0.3 is 25.0 Å². The number of aromatic nitrogens is 1. The molecule has 136 valence electrons. The first kappa shape index (κ1) is 17.9. The second-order valence-corrected chi connectivity index (χ2v) is 6.46. The van der Waals surface area contributed by atoms with Crippen molar-refractivity contribution in [3.8, 4) is 34.3 Å². The molecule has 2 aromatic carbocycles. The first-order valence-corrected chi connectivity index (χ1v) is 8.91. The Labute approximate surface area is 155 Å². The molecule has 0 amide bonds. The molecule has 1 heterocycles. The molecule has 0 bridgehead atoms. The number of phenols is 2. The van der Waals surface area contributed by atoms with E-state index in [4.69, 9.17) is 9.47 Å². The van der Waals surface area contributed by atoms with Gasteiger partial charge >= 0.3 is 0 Å². The number of benzene rings is 2. The summed E-state index contributed by atoms with van der Waals surface area (Å²) >= 11 is 1.47. The van der Waals surface area contributed by atoms with Crippen LogP contribution in [0.2, 0.25) is 0 Å². The summed E-state index contributed by atoms with van der Waals surface area (Å²) in [6.07, 6.45) is 0.805. The third-order valence-electron chi connectivity index (χ3n) is 3.90. The fourth-order valence-electron chi connectivity index (χ4n) is 2.57. The Bertz CT molecular complexity index is 895. The van der Waals surface area contributed by atoms with E-state index in [1.54, 1.807) is 20.3 Å². The number of nitrogens with zero attached hydrogens (tertiary/aromatic N) is 1. The van der Waals surface area contributed by atoms with Gasteiger partial charge in [0.1, 0.15) is 11.5 Å². The van der Waals surface area contributed by atoms with Crippen molar-refractivity contribution in [3.63, 3.8) is 0 Å². The van der Waals surface area contributed by atoms with Gasteiger partial charge in [-0.1, -0.05) is 6.07 Å². The van der Waals surface area contributed by atoms with E-state index in [1.165, 1.54) is 23.5 Å². The largest absolute Gasteiger partial charge is 0.508 e. The van der Waals surface area contributed by atoms with Crippen molar-refractivity contribution >= 4 is 16.5 Å². The lowest BCUT2D eigenvalue weighted by Crippen LogP contribution is -2.05. The van der Waals surface area contributed by atoms with E-state index in [0.29, 0.717) is 29.3 Å². The number of nitrogens with one attached hydrogen (secondary N) is 1. The van der Waals surface area contributed by atoms with Gasteiger partial charge in [-0.25, -0.2) is 4.98 Å². The number of rotatable bonds is 7. The summed E-state index contributed by atoms with van der Waals surface area (Å²) in [6.45, 7) is 0.712. The molecular formula is C19H20N2O4S. The van der Waals surface area contributed by atoms with E-state index in [2.05, 4.69) is 10.3 Å². The molecule has 0 fully saturated rings. The molecule has 0 saturated carbocycles. The molecule has 0 aliphatic heterocycles. The highest BCUT2D eigenvalue weighted by Crippen LogP contribution is 2.33. The van der Waals surface area contributed by atoms with Gasteiger partial charge in [0, 0.05) is 23.6 Å². The number of methoxy groups -OCH3 is 2. The first-order valence-electron chi connectivity index (χ1n) is 8.03. The highest BCUT2D eigenvalue weighted by molar-refractivity contribution is 7.14. The Morgan fingerprint density at radius 2 is 1.85 bits per heavy atom. The van der Waals surface area contributed by atoms with Crippen molar-refractivity contribution in [2.75, 3.05) is 26.1 Å². The fourth-order valence-corrected chi connectivity index (χ4v) is 3.30. The van der Waals surface area contributed by atoms with Gasteiger partial charge in [0.25, 0.3) is 0 Å². The van der Waals surface area contributed by atoms with Gasteiger partial charge in [-0.05, 0) is 36.2 Å². The van der Waals surface area contributed by atoms with Crippen molar-refractivity contribution in [2.24, 2.45) is 0 Å². The zero-order valence-corrected chi connectivity index (χ0v) is 15.3. The Balaban J connectivity index is 1.62. The van der Waals surface area contributed by atoms with E-state index in [0.717, 1.165) is 17.1 Å². The van der Waals surface area contributed by atoms with E-state index < -0.39 is 0 Å². The second-order valence-electron chi connectivity index (χ2n) is 5.61. The summed E-state index contributed by atoms with van der Waals surface area (Å²) < 4.78 is 10.6. The zero-order valence-electron chi connectivity index (χ0n) is 14.5. The second kappa shape index (κ2) is 7.97. The number of aromatic hydroxyl groups is 2. The monoisotopic (exact) mass is 372 g/mol. The van der Waals surface area contributed by atoms with Crippen molar-refractivity contribution in [3.05, 3.63) is 47.3 Å². The lowest BCUT2D eigenvalue weighted by Gasteiger charge is -2.09.